The summed E-state index contributed by atoms with van der Waals surface area (Å²) >= 11 is 11.2. The molecule has 2 N–H and O–H groups in total. The minimum absolute atomic E-state index is 0.252. The van der Waals surface area contributed by atoms with Crippen LogP contribution in [0.15, 0.2) is 76.3 Å². The molecule has 2 amide bonds. The second-order valence-corrected chi connectivity index (χ2v) is 9.05. The van der Waals surface area contributed by atoms with Gasteiger partial charge < -0.3 is 10.1 Å². The van der Waals surface area contributed by atoms with Gasteiger partial charge >= 0.3 is 5.97 Å². The third-order valence-corrected chi connectivity index (χ3v) is 5.86. The molecule has 0 saturated heterocycles. The molecule has 3 aromatic rings. The maximum atomic E-state index is 12.4. The number of carbonyl (C=O) groups excluding carboxylic acids is 3. The van der Waals surface area contributed by atoms with E-state index in [2.05, 4.69) is 54.4 Å². The van der Waals surface area contributed by atoms with Crippen LogP contribution in [0.25, 0.3) is 0 Å². The van der Waals surface area contributed by atoms with Crippen LogP contribution in [0.2, 0.25) is 5.02 Å². The van der Waals surface area contributed by atoms with E-state index in [4.69, 9.17) is 16.3 Å². The molecular weight excluding hydrogens is 625 g/mol. The molecule has 0 atom stereocenters. The lowest BCUT2D eigenvalue weighted by Crippen LogP contribution is -2.35. The molecule has 3 aromatic carbocycles. The number of nitrogens with one attached hydrogen (secondary N) is 2. The van der Waals surface area contributed by atoms with Gasteiger partial charge in [-0.1, -0.05) is 39.7 Å². The lowest BCUT2D eigenvalue weighted by Gasteiger charge is -2.08. The van der Waals surface area contributed by atoms with E-state index in [1.165, 1.54) is 6.21 Å². The summed E-state index contributed by atoms with van der Waals surface area (Å²) in [6, 6.07) is 18.3. The van der Waals surface area contributed by atoms with Crippen LogP contribution in [0, 0.1) is 3.57 Å². The van der Waals surface area contributed by atoms with Gasteiger partial charge in [-0.3, -0.25) is 9.59 Å². The molecule has 0 aliphatic rings. The molecule has 0 aromatic heterocycles. The summed E-state index contributed by atoms with van der Waals surface area (Å²) in [6.07, 6.45) is 1.34. The van der Waals surface area contributed by atoms with Crippen LogP contribution >= 0.6 is 50.1 Å². The van der Waals surface area contributed by atoms with Crippen LogP contribution in [-0.2, 0) is 4.79 Å². The van der Waals surface area contributed by atoms with E-state index in [1.54, 1.807) is 60.7 Å². The van der Waals surface area contributed by atoms with Gasteiger partial charge in [-0.05, 0) is 77.2 Å². The average molecular weight is 641 g/mol. The molecule has 0 heterocycles. The summed E-state index contributed by atoms with van der Waals surface area (Å²) in [6.45, 7) is -0.252. The van der Waals surface area contributed by atoms with E-state index >= 15 is 0 Å². The Kier molecular flexibility index (Phi) is 8.98. The second-order valence-electron chi connectivity index (χ2n) is 6.53. The number of rotatable bonds is 7. The number of halogens is 3. The third-order valence-electron chi connectivity index (χ3n) is 4.18. The van der Waals surface area contributed by atoms with Crippen LogP contribution in [-0.4, -0.2) is 30.5 Å². The number of amides is 2. The van der Waals surface area contributed by atoms with Gasteiger partial charge in [0.1, 0.15) is 5.75 Å². The van der Waals surface area contributed by atoms with E-state index in [0.717, 1.165) is 8.04 Å². The van der Waals surface area contributed by atoms with E-state index in [9.17, 15) is 14.4 Å². The summed E-state index contributed by atoms with van der Waals surface area (Å²) in [4.78, 5) is 36.6. The first-order chi connectivity index (χ1) is 15.8. The zero-order chi connectivity index (χ0) is 23.8. The van der Waals surface area contributed by atoms with Crippen molar-refractivity contribution in [3.8, 4) is 5.75 Å². The maximum absolute atomic E-state index is 12.4. The highest BCUT2D eigenvalue weighted by molar-refractivity contribution is 14.1. The summed E-state index contributed by atoms with van der Waals surface area (Å²) in [5.41, 5.74) is 3.61. The van der Waals surface area contributed by atoms with Gasteiger partial charge in [-0.25, -0.2) is 10.2 Å². The quantitative estimate of drug-likeness (QED) is 0.128. The second kappa shape index (κ2) is 11.9. The Hall–Kier alpha value is -2.76. The predicted octanol–water partition coefficient (Wildman–Crippen LogP) is 4.81. The molecule has 0 bridgehead atoms. The first-order valence-electron chi connectivity index (χ1n) is 9.45. The molecular formula is C23H16BrClIN3O4. The zero-order valence-electron chi connectivity index (χ0n) is 16.8. The van der Waals surface area contributed by atoms with Crippen molar-refractivity contribution in [1.82, 2.24) is 10.7 Å². The van der Waals surface area contributed by atoms with Gasteiger partial charge in [0.25, 0.3) is 11.8 Å². The topological polar surface area (TPSA) is 96.9 Å². The van der Waals surface area contributed by atoms with Crippen LogP contribution in [0.4, 0.5) is 0 Å². The maximum Gasteiger partial charge on any atom is 0.343 e. The number of ether oxygens (including phenoxy) is 1. The highest BCUT2D eigenvalue weighted by Crippen LogP contribution is 2.23. The molecule has 0 aliphatic heterocycles. The Labute approximate surface area is 216 Å². The molecule has 0 aliphatic carbocycles. The predicted molar refractivity (Wildman–Crippen MR) is 138 cm³/mol. The lowest BCUT2D eigenvalue weighted by molar-refractivity contribution is -0.120. The summed E-state index contributed by atoms with van der Waals surface area (Å²) in [5.74, 6) is -1.18. The largest absolute Gasteiger partial charge is 0.422 e. The molecule has 7 nitrogen and oxygen atoms in total. The van der Waals surface area contributed by atoms with Gasteiger partial charge in [-0.15, -0.1) is 0 Å². The van der Waals surface area contributed by atoms with Gasteiger partial charge in [0.15, 0.2) is 0 Å². The Morgan fingerprint density at radius 3 is 2.52 bits per heavy atom. The van der Waals surface area contributed by atoms with Crippen molar-refractivity contribution < 1.29 is 19.1 Å². The lowest BCUT2D eigenvalue weighted by atomic mass is 10.2. The third kappa shape index (κ3) is 7.37. The smallest absolute Gasteiger partial charge is 0.343 e. The number of hydrazone groups is 1. The molecule has 0 fully saturated rings. The van der Waals surface area contributed by atoms with Crippen LogP contribution in [0.1, 0.15) is 26.3 Å². The van der Waals surface area contributed by atoms with Gasteiger partial charge in [-0.2, -0.15) is 5.10 Å². The monoisotopic (exact) mass is 639 g/mol. The Balaban J connectivity index is 1.60. The van der Waals surface area contributed by atoms with Crippen molar-refractivity contribution in [1.29, 1.82) is 0 Å². The molecule has 0 radical (unpaired) electrons. The van der Waals surface area contributed by atoms with Gasteiger partial charge in [0.05, 0.1) is 23.9 Å². The minimum atomic E-state index is -0.564. The summed E-state index contributed by atoms with van der Waals surface area (Å²) < 4.78 is 6.97. The fourth-order valence-electron chi connectivity index (χ4n) is 2.57. The van der Waals surface area contributed by atoms with Crippen molar-refractivity contribution in [3.63, 3.8) is 0 Å². The number of nitrogens with zero attached hydrogens (tertiary/aromatic N) is 1. The van der Waals surface area contributed by atoms with Crippen LogP contribution in [0.5, 0.6) is 5.75 Å². The number of hydrogen-bond donors (Lipinski definition) is 2. The summed E-state index contributed by atoms with van der Waals surface area (Å²) in [7, 11) is 0. The van der Waals surface area contributed by atoms with Gasteiger partial charge in [0, 0.05) is 18.6 Å². The highest BCUT2D eigenvalue weighted by atomic mass is 127. The standard InChI is InChI=1S/C23H16BrClIN3O4/c24-16-7-10-20(33-23(32)14-5-8-17(25)9-6-14)15(11-16)12-28-29-21(30)13-27-22(31)18-3-1-2-4-19(18)26/h1-12H,13H2,(H,27,31)(H,29,30)/b28-12+. The first kappa shape index (κ1) is 24.9. The Bertz CT molecular complexity index is 1220. The van der Waals surface area contributed by atoms with Crippen molar-refractivity contribution in [2.24, 2.45) is 5.10 Å². The normalized spacial score (nSPS) is 10.6. The van der Waals surface area contributed by atoms with Gasteiger partial charge in [0.2, 0.25) is 0 Å². The first-order valence-corrected chi connectivity index (χ1v) is 11.7. The molecule has 33 heavy (non-hydrogen) atoms. The minimum Gasteiger partial charge on any atom is -0.422 e. The van der Waals surface area contributed by atoms with E-state index in [1.807, 2.05) is 6.07 Å². The Morgan fingerprint density at radius 1 is 1.06 bits per heavy atom. The molecule has 0 saturated carbocycles. The van der Waals surface area contributed by atoms with Crippen molar-refractivity contribution >= 4 is 74.1 Å². The summed E-state index contributed by atoms with van der Waals surface area (Å²) in [5, 5.41) is 6.95. The average Bonchev–Trinajstić information content (AvgIpc) is 2.80. The van der Waals surface area contributed by atoms with E-state index in [0.29, 0.717) is 21.7 Å². The van der Waals surface area contributed by atoms with E-state index in [-0.39, 0.29) is 18.2 Å². The number of carbonyl (C=O) groups is 3. The fraction of sp³-hybridized carbons (Fsp3) is 0.0435. The van der Waals surface area contributed by atoms with E-state index < -0.39 is 11.9 Å². The number of hydrogen-bond acceptors (Lipinski definition) is 5. The number of benzene rings is 3. The SMILES string of the molecule is O=C(CNC(=O)c1ccccc1I)N/N=C/c1cc(Br)ccc1OC(=O)c1ccc(Cl)cc1. The molecule has 10 heteroatoms. The molecule has 0 unspecified atom stereocenters. The zero-order valence-corrected chi connectivity index (χ0v) is 21.3. The van der Waals surface area contributed by atoms with Crippen molar-refractivity contribution in [2.45, 2.75) is 0 Å². The van der Waals surface area contributed by atoms with Crippen LogP contribution in [0.3, 0.4) is 0 Å². The van der Waals surface area contributed by atoms with Crippen molar-refractivity contribution in [2.75, 3.05) is 6.54 Å². The van der Waals surface area contributed by atoms with Crippen molar-refractivity contribution in [3.05, 3.63) is 96.5 Å². The molecule has 0 spiro atoms. The van der Waals surface area contributed by atoms with Crippen LogP contribution < -0.4 is 15.5 Å². The highest BCUT2D eigenvalue weighted by Gasteiger charge is 2.13. The molecule has 168 valence electrons. The Morgan fingerprint density at radius 2 is 1.79 bits per heavy atom. The number of esters is 1. The fourth-order valence-corrected chi connectivity index (χ4v) is 3.71. The molecule has 3 rings (SSSR count).